The van der Waals surface area contributed by atoms with Gasteiger partial charge >= 0.3 is 0 Å². The molecule has 1 aliphatic carbocycles. The zero-order valence-corrected chi connectivity index (χ0v) is 10.5. The predicted octanol–water partition coefficient (Wildman–Crippen LogP) is 0.953. The summed E-state index contributed by atoms with van der Waals surface area (Å²) in [5, 5.41) is 0. The minimum absolute atomic E-state index is 0.166. The summed E-state index contributed by atoms with van der Waals surface area (Å²) in [6.07, 6.45) is 3.00. The predicted molar refractivity (Wildman–Crippen MR) is 64.3 cm³/mol. The van der Waals surface area contributed by atoms with Crippen molar-refractivity contribution < 1.29 is 14.4 Å². The van der Waals surface area contributed by atoms with Crippen LogP contribution in [0.3, 0.4) is 0 Å². The molecule has 1 rings (SSSR count). The van der Waals surface area contributed by atoms with Gasteiger partial charge in [0.2, 0.25) is 0 Å². The molecule has 0 aromatic carbocycles. The molecule has 17 heavy (non-hydrogen) atoms. The van der Waals surface area contributed by atoms with Gasteiger partial charge in [-0.3, -0.25) is 14.4 Å². The lowest BCUT2D eigenvalue weighted by atomic mass is 9.72. The molecule has 92 valence electrons. The third-order valence-electron chi connectivity index (χ3n) is 3.31. The maximum Gasteiger partial charge on any atom is 0.159 e. The van der Waals surface area contributed by atoms with E-state index in [1.54, 1.807) is 6.92 Å². The average Bonchev–Trinajstić information content (AvgIpc) is 2.20. The summed E-state index contributed by atoms with van der Waals surface area (Å²) in [6, 6.07) is 0. The average molecular weight is 235 g/mol. The first kappa shape index (κ1) is 13.5. The van der Waals surface area contributed by atoms with Crippen molar-refractivity contribution in [3.8, 4) is 0 Å². The highest BCUT2D eigenvalue weighted by molar-refractivity contribution is 6.05. The molecule has 4 heteroatoms. The molecule has 2 atom stereocenters. The first-order valence-electron chi connectivity index (χ1n) is 5.46. The molecule has 2 N–H and O–H groups in total. The van der Waals surface area contributed by atoms with Gasteiger partial charge in [-0.15, -0.1) is 0 Å². The molecule has 4 nitrogen and oxygen atoms in total. The topological polar surface area (TPSA) is 77.2 Å². The van der Waals surface area contributed by atoms with Crippen LogP contribution in [0.25, 0.3) is 0 Å². The van der Waals surface area contributed by atoms with E-state index in [0.717, 1.165) is 0 Å². The van der Waals surface area contributed by atoms with Crippen LogP contribution in [0.1, 0.15) is 27.7 Å². The summed E-state index contributed by atoms with van der Waals surface area (Å²) in [5.74, 6) is -1.04. The van der Waals surface area contributed by atoms with E-state index in [1.165, 1.54) is 32.9 Å². The number of hydrogen-bond donors (Lipinski definition) is 1. The van der Waals surface area contributed by atoms with Crippen LogP contribution in [0.15, 0.2) is 23.3 Å². The monoisotopic (exact) mass is 235 g/mol. The number of Topliss-reactive ketones (excluding diaryl/α,β-unsaturated/α-hetero) is 3. The molecule has 0 heterocycles. The summed E-state index contributed by atoms with van der Waals surface area (Å²) < 4.78 is 0. The number of carbonyl (C=O) groups is 3. The Morgan fingerprint density at radius 2 is 1.71 bits per heavy atom. The van der Waals surface area contributed by atoms with Gasteiger partial charge in [-0.05, 0) is 32.9 Å². The minimum atomic E-state index is -1.27. The number of carbonyl (C=O) groups excluding carboxylic acids is 3. The van der Waals surface area contributed by atoms with Crippen molar-refractivity contribution in [1.82, 2.24) is 0 Å². The molecule has 0 aromatic rings. The number of allylic oxidation sites excluding steroid dienone is 2. The van der Waals surface area contributed by atoms with Gasteiger partial charge in [-0.2, -0.15) is 0 Å². The van der Waals surface area contributed by atoms with E-state index in [2.05, 4.69) is 0 Å². The molecule has 0 aliphatic heterocycles. The fourth-order valence-electron chi connectivity index (χ4n) is 1.99. The lowest BCUT2D eigenvalue weighted by Gasteiger charge is -2.34. The van der Waals surface area contributed by atoms with Crippen molar-refractivity contribution >= 4 is 17.3 Å². The maximum absolute atomic E-state index is 11.6. The largest absolute Gasteiger partial charge is 0.315 e. The van der Waals surface area contributed by atoms with E-state index in [9.17, 15) is 14.4 Å². The van der Waals surface area contributed by atoms with Crippen molar-refractivity contribution in [3.05, 3.63) is 23.3 Å². The van der Waals surface area contributed by atoms with E-state index < -0.39 is 11.5 Å². The second-order valence-corrected chi connectivity index (χ2v) is 4.52. The summed E-state index contributed by atoms with van der Waals surface area (Å²) in [4.78, 5) is 34.6. The Morgan fingerprint density at radius 3 is 2.06 bits per heavy atom. The van der Waals surface area contributed by atoms with Crippen LogP contribution in [0.4, 0.5) is 0 Å². The molecule has 0 saturated heterocycles. The smallest absolute Gasteiger partial charge is 0.159 e. The normalized spacial score (nSPS) is 28.2. The molecule has 0 bridgehead atoms. The molecule has 0 amide bonds. The van der Waals surface area contributed by atoms with Crippen molar-refractivity contribution in [2.75, 3.05) is 0 Å². The standard InChI is InChI=1S/C13H17NO3/c1-7-12(9(3)16)5-11(8(2)15)6-13(7,14)10(4)17/h5-7H,14H2,1-4H3. The summed E-state index contributed by atoms with van der Waals surface area (Å²) in [5.41, 5.74) is 5.51. The van der Waals surface area contributed by atoms with Crippen LogP contribution < -0.4 is 5.73 Å². The van der Waals surface area contributed by atoms with E-state index in [4.69, 9.17) is 5.73 Å². The summed E-state index contributed by atoms with van der Waals surface area (Å²) >= 11 is 0. The Morgan fingerprint density at radius 1 is 1.18 bits per heavy atom. The molecule has 0 aromatic heterocycles. The quantitative estimate of drug-likeness (QED) is 0.790. The third-order valence-corrected chi connectivity index (χ3v) is 3.31. The van der Waals surface area contributed by atoms with Crippen molar-refractivity contribution in [2.24, 2.45) is 11.7 Å². The lowest BCUT2D eigenvalue weighted by molar-refractivity contribution is -0.121. The van der Waals surface area contributed by atoms with Crippen LogP contribution in [-0.2, 0) is 14.4 Å². The molecule has 0 saturated carbocycles. The summed E-state index contributed by atoms with van der Waals surface area (Å²) in [7, 11) is 0. The van der Waals surface area contributed by atoms with Gasteiger partial charge in [0, 0.05) is 17.1 Å². The highest BCUT2D eigenvalue weighted by Gasteiger charge is 2.41. The Balaban J connectivity index is 3.40. The minimum Gasteiger partial charge on any atom is -0.315 e. The number of ketones is 3. The first-order valence-corrected chi connectivity index (χ1v) is 5.46. The molecule has 2 unspecified atom stereocenters. The molecule has 0 radical (unpaired) electrons. The Labute approximate surface area is 101 Å². The number of hydrogen-bond acceptors (Lipinski definition) is 4. The first-order chi connectivity index (χ1) is 7.70. The van der Waals surface area contributed by atoms with Crippen molar-refractivity contribution in [2.45, 2.75) is 33.2 Å². The van der Waals surface area contributed by atoms with Gasteiger partial charge in [-0.25, -0.2) is 0 Å². The fraction of sp³-hybridized carbons (Fsp3) is 0.462. The summed E-state index contributed by atoms with van der Waals surface area (Å²) in [6.45, 7) is 5.89. The van der Waals surface area contributed by atoms with Crippen LogP contribution >= 0.6 is 0 Å². The van der Waals surface area contributed by atoms with Gasteiger partial charge in [0.05, 0.1) is 0 Å². The van der Waals surface area contributed by atoms with Crippen LogP contribution in [0.2, 0.25) is 0 Å². The number of nitrogens with two attached hydrogens (primary N) is 1. The second kappa shape index (κ2) is 4.37. The van der Waals surface area contributed by atoms with Crippen molar-refractivity contribution in [1.29, 1.82) is 0 Å². The van der Waals surface area contributed by atoms with E-state index in [0.29, 0.717) is 11.1 Å². The molecule has 1 aliphatic rings. The van der Waals surface area contributed by atoms with E-state index in [-0.39, 0.29) is 17.3 Å². The fourth-order valence-corrected chi connectivity index (χ4v) is 1.99. The second-order valence-electron chi connectivity index (χ2n) is 4.52. The van der Waals surface area contributed by atoms with Gasteiger partial charge in [0.1, 0.15) is 5.54 Å². The SMILES string of the molecule is CC(=O)C1=CC(N)(C(C)=O)C(C)C(C(C)=O)=C1. The maximum atomic E-state index is 11.6. The van der Waals surface area contributed by atoms with Gasteiger partial charge < -0.3 is 5.73 Å². The highest BCUT2D eigenvalue weighted by Crippen LogP contribution is 2.32. The zero-order chi connectivity index (χ0) is 13.4. The van der Waals surface area contributed by atoms with E-state index in [1.807, 2.05) is 0 Å². The van der Waals surface area contributed by atoms with Crippen LogP contribution in [0, 0.1) is 5.92 Å². The van der Waals surface area contributed by atoms with Gasteiger partial charge in [0.25, 0.3) is 0 Å². The van der Waals surface area contributed by atoms with Crippen LogP contribution in [-0.4, -0.2) is 22.9 Å². The lowest BCUT2D eigenvalue weighted by Crippen LogP contribution is -2.53. The highest BCUT2D eigenvalue weighted by atomic mass is 16.1. The number of rotatable bonds is 3. The molecular weight excluding hydrogens is 218 g/mol. The third kappa shape index (κ3) is 2.26. The van der Waals surface area contributed by atoms with Gasteiger partial charge in [0.15, 0.2) is 17.3 Å². The molecular formula is C13H17NO3. The molecule has 0 spiro atoms. The van der Waals surface area contributed by atoms with Crippen LogP contribution in [0.5, 0.6) is 0 Å². The Kier molecular flexibility index (Phi) is 3.48. The van der Waals surface area contributed by atoms with E-state index >= 15 is 0 Å². The Bertz CT molecular complexity index is 459. The zero-order valence-electron chi connectivity index (χ0n) is 10.5. The Hall–Kier alpha value is -1.55. The van der Waals surface area contributed by atoms with Gasteiger partial charge in [-0.1, -0.05) is 6.92 Å². The van der Waals surface area contributed by atoms with Crippen molar-refractivity contribution in [3.63, 3.8) is 0 Å². The molecule has 0 fully saturated rings.